The number of halogens is 1. The topological polar surface area (TPSA) is 68.0 Å². The smallest absolute Gasteiger partial charge is 0.272 e. The van der Waals surface area contributed by atoms with Crippen LogP contribution in [0.25, 0.3) is 0 Å². The zero-order valence-electron chi connectivity index (χ0n) is 10.4. The van der Waals surface area contributed by atoms with Gasteiger partial charge in [0, 0.05) is 6.20 Å². The van der Waals surface area contributed by atoms with E-state index in [0.717, 1.165) is 0 Å². The van der Waals surface area contributed by atoms with Gasteiger partial charge in [-0.05, 0) is 36.8 Å². The van der Waals surface area contributed by atoms with E-state index in [9.17, 15) is 9.18 Å². The van der Waals surface area contributed by atoms with E-state index in [2.05, 4.69) is 10.3 Å². The van der Waals surface area contributed by atoms with Crippen LogP contribution in [0, 0.1) is 5.82 Å². The van der Waals surface area contributed by atoms with Crippen molar-refractivity contribution in [1.82, 2.24) is 10.3 Å². The Balaban J connectivity index is 2.13. The molecule has 0 aliphatic heterocycles. The number of benzene rings is 1. The van der Waals surface area contributed by atoms with Crippen molar-refractivity contribution in [2.75, 3.05) is 5.73 Å². The fourth-order valence-corrected chi connectivity index (χ4v) is 1.73. The Morgan fingerprint density at radius 2 is 2.16 bits per heavy atom. The Hall–Kier alpha value is -2.43. The summed E-state index contributed by atoms with van der Waals surface area (Å²) < 4.78 is 13.1. The first-order valence-electron chi connectivity index (χ1n) is 5.84. The first kappa shape index (κ1) is 13.0. The van der Waals surface area contributed by atoms with Gasteiger partial charge in [-0.1, -0.05) is 12.1 Å². The molecule has 0 unspecified atom stereocenters. The number of nitrogens with one attached hydrogen (secondary N) is 1. The van der Waals surface area contributed by atoms with Crippen LogP contribution < -0.4 is 11.1 Å². The molecule has 2 rings (SSSR count). The Kier molecular flexibility index (Phi) is 3.75. The molecule has 4 nitrogen and oxygen atoms in total. The second-order valence-electron chi connectivity index (χ2n) is 4.19. The number of hydrogen-bond donors (Lipinski definition) is 2. The van der Waals surface area contributed by atoms with Crippen molar-refractivity contribution in [3.63, 3.8) is 0 Å². The molecule has 1 heterocycles. The van der Waals surface area contributed by atoms with Crippen molar-refractivity contribution < 1.29 is 9.18 Å². The van der Waals surface area contributed by atoms with Crippen molar-refractivity contribution >= 4 is 11.6 Å². The summed E-state index contributed by atoms with van der Waals surface area (Å²) in [6.45, 7) is 1.77. The third kappa shape index (κ3) is 3.07. The summed E-state index contributed by atoms with van der Waals surface area (Å²) in [5.74, 6) is -0.717. The molecule has 0 saturated heterocycles. The number of anilines is 1. The van der Waals surface area contributed by atoms with Gasteiger partial charge >= 0.3 is 0 Å². The standard InChI is InChI=1S/C14H14FN3O/c1-9(10-4-2-5-11(15)8-10)18-14(19)13-12(16)6-3-7-17-13/h2-9H,16H2,1H3,(H,18,19)/t9-/m1/s1. The lowest BCUT2D eigenvalue weighted by atomic mass is 10.1. The highest BCUT2D eigenvalue weighted by Gasteiger charge is 2.14. The monoisotopic (exact) mass is 259 g/mol. The molecule has 1 amide bonds. The van der Waals surface area contributed by atoms with E-state index in [1.807, 2.05) is 0 Å². The summed E-state index contributed by atoms with van der Waals surface area (Å²) in [7, 11) is 0. The van der Waals surface area contributed by atoms with Crippen LogP contribution in [0.5, 0.6) is 0 Å². The van der Waals surface area contributed by atoms with E-state index < -0.39 is 0 Å². The summed E-state index contributed by atoms with van der Waals surface area (Å²) >= 11 is 0. The van der Waals surface area contributed by atoms with Crippen LogP contribution in [0.15, 0.2) is 42.6 Å². The van der Waals surface area contributed by atoms with Gasteiger partial charge in [0.1, 0.15) is 5.82 Å². The maximum atomic E-state index is 13.1. The Morgan fingerprint density at radius 3 is 2.84 bits per heavy atom. The van der Waals surface area contributed by atoms with Crippen molar-refractivity contribution in [2.45, 2.75) is 13.0 Å². The van der Waals surface area contributed by atoms with Crippen LogP contribution in [-0.4, -0.2) is 10.9 Å². The number of carbonyl (C=O) groups is 1. The molecule has 0 spiro atoms. The highest BCUT2D eigenvalue weighted by atomic mass is 19.1. The molecule has 0 aliphatic carbocycles. The zero-order chi connectivity index (χ0) is 13.8. The molecule has 0 fully saturated rings. The minimum absolute atomic E-state index is 0.172. The van der Waals surface area contributed by atoms with Crippen LogP contribution >= 0.6 is 0 Å². The number of rotatable bonds is 3. The molecule has 1 aromatic carbocycles. The van der Waals surface area contributed by atoms with Gasteiger partial charge in [-0.3, -0.25) is 4.79 Å². The fourth-order valence-electron chi connectivity index (χ4n) is 1.73. The predicted octanol–water partition coefficient (Wildman–Crippen LogP) is 2.29. The van der Waals surface area contributed by atoms with E-state index in [-0.39, 0.29) is 23.5 Å². The van der Waals surface area contributed by atoms with Gasteiger partial charge < -0.3 is 11.1 Å². The molecular weight excluding hydrogens is 245 g/mol. The SMILES string of the molecule is C[C@@H](NC(=O)c1ncccc1N)c1cccc(F)c1. The van der Waals surface area contributed by atoms with Crippen LogP contribution in [0.1, 0.15) is 29.0 Å². The Morgan fingerprint density at radius 1 is 1.37 bits per heavy atom. The first-order valence-corrected chi connectivity index (χ1v) is 5.84. The maximum absolute atomic E-state index is 13.1. The molecule has 2 aromatic rings. The minimum atomic E-state index is -0.380. The molecule has 1 atom stereocenters. The summed E-state index contributed by atoms with van der Waals surface area (Å²) in [4.78, 5) is 15.9. The number of aromatic nitrogens is 1. The van der Waals surface area contributed by atoms with Gasteiger partial charge in [-0.2, -0.15) is 0 Å². The lowest BCUT2D eigenvalue weighted by molar-refractivity contribution is 0.0936. The second-order valence-corrected chi connectivity index (χ2v) is 4.19. The van der Waals surface area contributed by atoms with Crippen LogP contribution in [0.3, 0.4) is 0 Å². The van der Waals surface area contributed by atoms with Gasteiger partial charge in [0.25, 0.3) is 5.91 Å². The first-order chi connectivity index (χ1) is 9.08. The van der Waals surface area contributed by atoms with Crippen LogP contribution in [-0.2, 0) is 0 Å². The fraction of sp³-hybridized carbons (Fsp3) is 0.143. The molecule has 5 heteroatoms. The quantitative estimate of drug-likeness (QED) is 0.888. The summed E-state index contributed by atoms with van der Waals surface area (Å²) in [5, 5.41) is 2.73. The van der Waals surface area contributed by atoms with Crippen molar-refractivity contribution in [3.05, 3.63) is 59.7 Å². The van der Waals surface area contributed by atoms with E-state index in [0.29, 0.717) is 11.3 Å². The third-order valence-electron chi connectivity index (χ3n) is 2.75. The van der Waals surface area contributed by atoms with Gasteiger partial charge in [0.05, 0.1) is 11.7 Å². The van der Waals surface area contributed by atoms with E-state index in [4.69, 9.17) is 5.73 Å². The highest BCUT2D eigenvalue weighted by molar-refractivity contribution is 5.97. The summed E-state index contributed by atoms with van der Waals surface area (Å²) in [6.07, 6.45) is 1.50. The number of pyridine rings is 1. The van der Waals surface area contributed by atoms with E-state index >= 15 is 0 Å². The third-order valence-corrected chi connectivity index (χ3v) is 2.75. The Labute approximate surface area is 110 Å². The predicted molar refractivity (Wildman–Crippen MR) is 70.9 cm³/mol. The van der Waals surface area contributed by atoms with Gasteiger partial charge in [0.15, 0.2) is 5.69 Å². The average molecular weight is 259 g/mol. The van der Waals surface area contributed by atoms with Crippen LogP contribution in [0.2, 0.25) is 0 Å². The number of carbonyl (C=O) groups excluding carboxylic acids is 1. The van der Waals surface area contributed by atoms with Crippen LogP contribution in [0.4, 0.5) is 10.1 Å². The summed E-state index contributed by atoms with van der Waals surface area (Å²) in [5.41, 5.74) is 6.84. The minimum Gasteiger partial charge on any atom is -0.397 e. The molecule has 0 bridgehead atoms. The van der Waals surface area contributed by atoms with Gasteiger partial charge in [-0.15, -0.1) is 0 Å². The average Bonchev–Trinajstić information content (AvgIpc) is 2.39. The molecular formula is C14H14FN3O. The number of nitrogens with two attached hydrogens (primary N) is 1. The van der Waals surface area contributed by atoms with Gasteiger partial charge in [0.2, 0.25) is 0 Å². The van der Waals surface area contributed by atoms with Crippen molar-refractivity contribution in [2.24, 2.45) is 0 Å². The molecule has 0 aliphatic rings. The molecule has 0 saturated carbocycles. The highest BCUT2D eigenvalue weighted by Crippen LogP contribution is 2.15. The molecule has 19 heavy (non-hydrogen) atoms. The largest absolute Gasteiger partial charge is 0.397 e. The number of hydrogen-bond acceptors (Lipinski definition) is 3. The number of nitrogens with zero attached hydrogens (tertiary/aromatic N) is 1. The molecule has 0 radical (unpaired) electrons. The van der Waals surface area contributed by atoms with Crippen molar-refractivity contribution in [1.29, 1.82) is 0 Å². The molecule has 1 aromatic heterocycles. The zero-order valence-corrected chi connectivity index (χ0v) is 10.4. The lowest BCUT2D eigenvalue weighted by Gasteiger charge is -2.14. The summed E-state index contributed by atoms with van der Waals surface area (Å²) in [6, 6.07) is 9.01. The molecule has 3 N–H and O–H groups in total. The normalized spacial score (nSPS) is 11.9. The Bertz CT molecular complexity index is 601. The van der Waals surface area contributed by atoms with E-state index in [1.165, 1.54) is 18.3 Å². The number of amides is 1. The lowest BCUT2D eigenvalue weighted by Crippen LogP contribution is -2.28. The van der Waals surface area contributed by atoms with Gasteiger partial charge in [-0.25, -0.2) is 9.37 Å². The number of nitrogen functional groups attached to an aromatic ring is 1. The maximum Gasteiger partial charge on any atom is 0.272 e. The molecule has 98 valence electrons. The van der Waals surface area contributed by atoms with E-state index in [1.54, 1.807) is 31.2 Å². The second kappa shape index (κ2) is 5.48. The van der Waals surface area contributed by atoms with Crippen molar-refractivity contribution in [3.8, 4) is 0 Å².